The van der Waals surface area contributed by atoms with E-state index in [1.54, 1.807) is 11.7 Å². The second-order valence-electron chi connectivity index (χ2n) is 3.97. The van der Waals surface area contributed by atoms with Crippen molar-refractivity contribution in [2.75, 3.05) is 5.73 Å². The summed E-state index contributed by atoms with van der Waals surface area (Å²) in [5.41, 5.74) is 5.62. The van der Waals surface area contributed by atoms with Gasteiger partial charge < -0.3 is 11.1 Å². The minimum Gasteiger partial charge on any atom is -0.381 e. The third-order valence-corrected chi connectivity index (χ3v) is 3.11. The summed E-state index contributed by atoms with van der Waals surface area (Å²) in [4.78, 5) is 16.2. The highest BCUT2D eigenvalue weighted by Crippen LogP contribution is 2.21. The maximum Gasteiger partial charge on any atom is 0.271 e. The number of nitrogen functional groups attached to an aromatic ring is 1. The molecule has 102 valence electrons. The molecule has 8 nitrogen and oxygen atoms in total. The first-order valence-electron chi connectivity index (χ1n) is 5.68. The normalized spacial score (nSPS) is 12.4. The number of anilines is 1. The monoisotopic (exact) mass is 283 g/mol. The molecule has 1 amide bonds. The summed E-state index contributed by atoms with van der Waals surface area (Å²) in [6.07, 6.45) is 2.10. The predicted octanol–water partition coefficient (Wildman–Crippen LogP) is 0.655. The molecule has 0 aliphatic carbocycles. The molecule has 2 rings (SSSR count). The number of aromatic nitrogens is 5. The van der Waals surface area contributed by atoms with Crippen LogP contribution in [0.5, 0.6) is 0 Å². The first-order valence-corrected chi connectivity index (χ1v) is 6.06. The Kier molecular flexibility index (Phi) is 3.70. The number of carbonyl (C=O) groups excluding carboxylic acids is 1. The summed E-state index contributed by atoms with van der Waals surface area (Å²) in [7, 11) is 1.76. The molecular weight excluding hydrogens is 270 g/mol. The van der Waals surface area contributed by atoms with E-state index in [4.69, 9.17) is 17.3 Å². The van der Waals surface area contributed by atoms with Crippen molar-refractivity contribution in [1.82, 2.24) is 30.3 Å². The fourth-order valence-corrected chi connectivity index (χ4v) is 1.86. The molecule has 2 aromatic heterocycles. The van der Waals surface area contributed by atoms with Gasteiger partial charge in [-0.1, -0.05) is 18.5 Å². The number of rotatable bonds is 4. The quantitative estimate of drug-likeness (QED) is 0.762. The van der Waals surface area contributed by atoms with E-state index in [0.717, 1.165) is 0 Å². The first kappa shape index (κ1) is 13.3. The fraction of sp³-hybridized carbons (Fsp3) is 0.400. The van der Waals surface area contributed by atoms with E-state index in [0.29, 0.717) is 12.2 Å². The standard InChI is InChI=1S/C10H14ClN7O/c1-3-5(9-13-4-14-18(9)2)15-10(19)7-6(11)8(12)17-16-7/h4-5H,3H2,1-2H3,(H,15,19)(H3,12,16,17). The molecule has 0 aromatic carbocycles. The van der Waals surface area contributed by atoms with Gasteiger partial charge in [0, 0.05) is 7.05 Å². The number of aromatic amines is 1. The lowest BCUT2D eigenvalue weighted by molar-refractivity contribution is 0.0928. The molecule has 0 saturated heterocycles. The highest BCUT2D eigenvalue weighted by molar-refractivity contribution is 6.35. The highest BCUT2D eigenvalue weighted by Gasteiger charge is 2.22. The third kappa shape index (κ3) is 2.53. The predicted molar refractivity (Wildman–Crippen MR) is 69.5 cm³/mol. The Bertz CT molecular complexity index is 590. The van der Waals surface area contributed by atoms with E-state index in [-0.39, 0.29) is 28.5 Å². The average Bonchev–Trinajstić information content (AvgIpc) is 2.94. The van der Waals surface area contributed by atoms with E-state index in [2.05, 4.69) is 25.6 Å². The van der Waals surface area contributed by atoms with Crippen LogP contribution in [0.4, 0.5) is 5.82 Å². The van der Waals surface area contributed by atoms with Gasteiger partial charge in [-0.3, -0.25) is 14.6 Å². The lowest BCUT2D eigenvalue weighted by Gasteiger charge is -2.15. The molecule has 2 heterocycles. The molecule has 0 spiro atoms. The maximum atomic E-state index is 12.1. The van der Waals surface area contributed by atoms with Crippen molar-refractivity contribution in [3.05, 3.63) is 22.9 Å². The third-order valence-electron chi connectivity index (χ3n) is 2.73. The molecule has 1 atom stereocenters. The zero-order valence-electron chi connectivity index (χ0n) is 10.5. The van der Waals surface area contributed by atoms with Crippen LogP contribution in [0.15, 0.2) is 6.33 Å². The smallest absolute Gasteiger partial charge is 0.271 e. The van der Waals surface area contributed by atoms with E-state index in [1.807, 2.05) is 6.92 Å². The Hall–Kier alpha value is -2.09. The Labute approximate surface area is 114 Å². The number of carbonyl (C=O) groups is 1. The molecule has 0 bridgehead atoms. The van der Waals surface area contributed by atoms with Crippen molar-refractivity contribution in [2.24, 2.45) is 7.05 Å². The molecule has 1 unspecified atom stereocenters. The number of hydrogen-bond donors (Lipinski definition) is 3. The zero-order chi connectivity index (χ0) is 14.0. The van der Waals surface area contributed by atoms with Gasteiger partial charge in [0.25, 0.3) is 5.91 Å². The molecule has 0 aliphatic rings. The molecule has 0 fully saturated rings. The Morgan fingerprint density at radius 1 is 1.68 bits per heavy atom. The topological polar surface area (TPSA) is 115 Å². The largest absolute Gasteiger partial charge is 0.381 e. The van der Waals surface area contributed by atoms with Crippen molar-refractivity contribution >= 4 is 23.3 Å². The molecule has 0 saturated carbocycles. The minimum absolute atomic E-state index is 0.0959. The van der Waals surface area contributed by atoms with Crippen molar-refractivity contribution in [3.8, 4) is 0 Å². The molecule has 4 N–H and O–H groups in total. The summed E-state index contributed by atoms with van der Waals surface area (Å²) in [6, 6.07) is -0.263. The van der Waals surface area contributed by atoms with Gasteiger partial charge in [-0.15, -0.1) is 0 Å². The van der Waals surface area contributed by atoms with Crippen LogP contribution in [-0.4, -0.2) is 30.9 Å². The van der Waals surface area contributed by atoms with Crippen molar-refractivity contribution in [3.63, 3.8) is 0 Å². The van der Waals surface area contributed by atoms with E-state index in [9.17, 15) is 4.79 Å². The second kappa shape index (κ2) is 5.27. The van der Waals surface area contributed by atoms with Crippen LogP contribution < -0.4 is 11.1 Å². The van der Waals surface area contributed by atoms with Gasteiger partial charge in [-0.05, 0) is 6.42 Å². The fourth-order valence-electron chi connectivity index (χ4n) is 1.69. The van der Waals surface area contributed by atoms with Crippen LogP contribution in [0.3, 0.4) is 0 Å². The maximum absolute atomic E-state index is 12.1. The van der Waals surface area contributed by atoms with Gasteiger partial charge in [0.2, 0.25) is 0 Å². The Morgan fingerprint density at radius 2 is 2.42 bits per heavy atom. The average molecular weight is 284 g/mol. The summed E-state index contributed by atoms with van der Waals surface area (Å²) >= 11 is 5.87. The van der Waals surface area contributed by atoms with Crippen LogP contribution in [0.25, 0.3) is 0 Å². The van der Waals surface area contributed by atoms with Gasteiger partial charge in [0.15, 0.2) is 5.82 Å². The number of nitrogens with zero attached hydrogens (tertiary/aromatic N) is 4. The molecular formula is C10H14ClN7O. The van der Waals surface area contributed by atoms with Crippen molar-refractivity contribution in [1.29, 1.82) is 0 Å². The van der Waals surface area contributed by atoms with Gasteiger partial charge in [0.05, 0.1) is 6.04 Å². The number of amides is 1. The minimum atomic E-state index is -0.385. The summed E-state index contributed by atoms with van der Waals surface area (Å²) < 4.78 is 1.61. The number of H-pyrrole nitrogens is 1. The molecule has 0 radical (unpaired) electrons. The highest BCUT2D eigenvalue weighted by atomic mass is 35.5. The van der Waals surface area contributed by atoms with E-state index in [1.165, 1.54) is 6.33 Å². The summed E-state index contributed by atoms with van der Waals surface area (Å²) in [5, 5.41) is 13.1. The number of aryl methyl sites for hydroxylation is 1. The van der Waals surface area contributed by atoms with Gasteiger partial charge >= 0.3 is 0 Å². The van der Waals surface area contributed by atoms with E-state index < -0.39 is 0 Å². The molecule has 2 aromatic rings. The van der Waals surface area contributed by atoms with Crippen molar-refractivity contribution < 1.29 is 4.79 Å². The van der Waals surface area contributed by atoms with Gasteiger partial charge in [-0.2, -0.15) is 10.2 Å². The molecule has 9 heteroatoms. The summed E-state index contributed by atoms with van der Waals surface area (Å²) in [5.74, 6) is 0.377. The van der Waals surface area contributed by atoms with E-state index >= 15 is 0 Å². The second-order valence-corrected chi connectivity index (χ2v) is 4.35. The number of nitrogens with one attached hydrogen (secondary N) is 2. The lowest BCUT2D eigenvalue weighted by Crippen LogP contribution is -2.30. The Balaban J connectivity index is 2.18. The zero-order valence-corrected chi connectivity index (χ0v) is 11.3. The van der Waals surface area contributed by atoms with Crippen LogP contribution in [0.1, 0.15) is 35.7 Å². The van der Waals surface area contributed by atoms with Crippen LogP contribution in [0, 0.1) is 0 Å². The number of hydrogen-bond acceptors (Lipinski definition) is 5. The van der Waals surface area contributed by atoms with Crippen LogP contribution >= 0.6 is 11.6 Å². The van der Waals surface area contributed by atoms with Crippen molar-refractivity contribution in [2.45, 2.75) is 19.4 Å². The Morgan fingerprint density at radius 3 is 2.89 bits per heavy atom. The van der Waals surface area contributed by atoms with Crippen LogP contribution in [-0.2, 0) is 7.05 Å². The lowest BCUT2D eigenvalue weighted by atomic mass is 10.2. The number of nitrogens with two attached hydrogens (primary N) is 1. The van der Waals surface area contributed by atoms with Crippen LogP contribution in [0.2, 0.25) is 5.02 Å². The SMILES string of the molecule is CCC(NC(=O)c1[nH]nc(N)c1Cl)c1ncnn1C. The molecule has 0 aliphatic heterocycles. The molecule has 19 heavy (non-hydrogen) atoms. The first-order chi connectivity index (χ1) is 9.04. The number of halogens is 1. The van der Waals surface area contributed by atoms with Gasteiger partial charge in [0.1, 0.15) is 22.9 Å². The van der Waals surface area contributed by atoms with Gasteiger partial charge in [-0.25, -0.2) is 4.98 Å². The summed E-state index contributed by atoms with van der Waals surface area (Å²) in [6.45, 7) is 1.93.